The van der Waals surface area contributed by atoms with Crippen molar-refractivity contribution in [2.75, 3.05) is 13.9 Å². The predicted molar refractivity (Wildman–Crippen MR) is 120 cm³/mol. The van der Waals surface area contributed by atoms with E-state index in [1.165, 1.54) is 19.2 Å². The molecule has 5 atom stereocenters. The first kappa shape index (κ1) is 24.3. The van der Waals surface area contributed by atoms with Crippen molar-refractivity contribution >= 4 is 12.0 Å². The zero-order valence-electron chi connectivity index (χ0n) is 19.7. The SMILES string of the molecule is COCOc1cc(O)cc2c1C(=O)OC(C)[C@H](C)/C=C\C(C)C1OC(C)(C)O[C@H]1CC=C2. The quantitative estimate of drug-likeness (QED) is 0.410. The van der Waals surface area contributed by atoms with Crippen LogP contribution in [0.3, 0.4) is 0 Å². The largest absolute Gasteiger partial charge is 0.508 e. The summed E-state index contributed by atoms with van der Waals surface area (Å²) in [7, 11) is 1.48. The topological polar surface area (TPSA) is 83.5 Å². The fourth-order valence-electron chi connectivity index (χ4n) is 3.98. The Morgan fingerprint density at radius 3 is 2.56 bits per heavy atom. The molecule has 0 bridgehead atoms. The lowest BCUT2D eigenvalue weighted by molar-refractivity contribution is -0.148. The van der Waals surface area contributed by atoms with Gasteiger partial charge in [-0.2, -0.15) is 0 Å². The van der Waals surface area contributed by atoms with Gasteiger partial charge in [0, 0.05) is 25.0 Å². The van der Waals surface area contributed by atoms with Gasteiger partial charge in [0.1, 0.15) is 23.2 Å². The van der Waals surface area contributed by atoms with Crippen LogP contribution in [0.2, 0.25) is 0 Å². The number of phenols is 1. The van der Waals surface area contributed by atoms with Gasteiger partial charge >= 0.3 is 5.97 Å². The molecule has 1 N–H and O–H groups in total. The smallest absolute Gasteiger partial charge is 0.342 e. The number of cyclic esters (lactones) is 1. The second kappa shape index (κ2) is 10.1. The van der Waals surface area contributed by atoms with E-state index < -0.39 is 11.8 Å². The van der Waals surface area contributed by atoms with Gasteiger partial charge < -0.3 is 28.8 Å². The molecule has 0 spiro atoms. The van der Waals surface area contributed by atoms with E-state index in [0.717, 1.165) is 0 Å². The number of fused-ring (bicyclic) bond motifs is 2. The molecule has 7 heteroatoms. The van der Waals surface area contributed by atoms with Crippen LogP contribution in [0.1, 0.15) is 57.0 Å². The molecule has 1 fully saturated rings. The van der Waals surface area contributed by atoms with Crippen LogP contribution < -0.4 is 4.74 Å². The highest BCUT2D eigenvalue weighted by molar-refractivity contribution is 5.97. The van der Waals surface area contributed by atoms with Crippen molar-refractivity contribution in [2.24, 2.45) is 11.8 Å². The fraction of sp³-hybridized carbons (Fsp3) is 0.560. The second-order valence-corrected chi connectivity index (χ2v) is 8.95. The molecule has 3 unspecified atom stereocenters. The number of carbonyl (C=O) groups excluding carboxylic acids is 1. The van der Waals surface area contributed by atoms with Crippen molar-refractivity contribution in [3.63, 3.8) is 0 Å². The summed E-state index contributed by atoms with van der Waals surface area (Å²) < 4.78 is 28.7. The Hall–Kier alpha value is -2.35. The van der Waals surface area contributed by atoms with Crippen LogP contribution in [0.25, 0.3) is 6.08 Å². The number of ether oxygens (including phenoxy) is 5. The summed E-state index contributed by atoms with van der Waals surface area (Å²) in [6.07, 6.45) is 7.81. The minimum Gasteiger partial charge on any atom is -0.508 e. The van der Waals surface area contributed by atoms with E-state index in [2.05, 4.69) is 19.1 Å². The minimum absolute atomic E-state index is 0.0161. The predicted octanol–water partition coefficient (Wildman–Crippen LogP) is 4.69. The fourth-order valence-corrected chi connectivity index (χ4v) is 3.98. The molecule has 3 rings (SSSR count). The lowest BCUT2D eigenvalue weighted by atomic mass is 9.94. The number of methoxy groups -OCH3 is 1. The lowest BCUT2D eigenvalue weighted by Gasteiger charge is -2.23. The van der Waals surface area contributed by atoms with Gasteiger partial charge in [-0.1, -0.05) is 38.2 Å². The molecule has 176 valence electrons. The number of rotatable bonds is 3. The molecule has 0 saturated carbocycles. The van der Waals surface area contributed by atoms with E-state index in [1.807, 2.05) is 33.8 Å². The van der Waals surface area contributed by atoms with Crippen molar-refractivity contribution in [3.8, 4) is 11.5 Å². The van der Waals surface area contributed by atoms with Crippen LogP contribution in [0.15, 0.2) is 30.4 Å². The van der Waals surface area contributed by atoms with Gasteiger partial charge in [-0.15, -0.1) is 0 Å². The average Bonchev–Trinajstić information content (AvgIpc) is 3.03. The van der Waals surface area contributed by atoms with E-state index in [-0.39, 0.29) is 54.0 Å². The Balaban J connectivity index is 2.04. The van der Waals surface area contributed by atoms with Crippen molar-refractivity contribution in [2.45, 2.75) is 65.1 Å². The summed E-state index contributed by atoms with van der Waals surface area (Å²) in [4.78, 5) is 13.1. The second-order valence-electron chi connectivity index (χ2n) is 8.95. The van der Waals surface area contributed by atoms with Gasteiger partial charge in [-0.05, 0) is 38.8 Å². The third kappa shape index (κ3) is 5.71. The molecule has 0 radical (unpaired) electrons. The van der Waals surface area contributed by atoms with Gasteiger partial charge in [-0.25, -0.2) is 4.79 Å². The van der Waals surface area contributed by atoms with Gasteiger partial charge in [-0.3, -0.25) is 0 Å². The standard InChI is InChI=1S/C25H34O7/c1-15-10-11-16(2)23-20(31-25(4,5)32-23)9-7-8-18-12-19(26)13-21(29-14-28-6)22(18)24(27)30-17(15)3/h7-8,10-13,15-17,20,23,26H,9,14H2,1-6H3/b8-7?,11-10-/t15-,16?,17?,20+,23?/m1/s1. The van der Waals surface area contributed by atoms with Crippen LogP contribution in [0.4, 0.5) is 0 Å². The van der Waals surface area contributed by atoms with Gasteiger partial charge in [0.2, 0.25) is 0 Å². The van der Waals surface area contributed by atoms with E-state index in [0.29, 0.717) is 12.0 Å². The number of phenolic OH excluding ortho intramolecular Hbond substituents is 1. The van der Waals surface area contributed by atoms with Crippen LogP contribution in [0, 0.1) is 11.8 Å². The maximum atomic E-state index is 13.1. The van der Waals surface area contributed by atoms with Gasteiger partial charge in [0.25, 0.3) is 0 Å². The van der Waals surface area contributed by atoms with Crippen LogP contribution in [-0.2, 0) is 18.9 Å². The molecule has 1 aromatic rings. The van der Waals surface area contributed by atoms with E-state index >= 15 is 0 Å². The Bertz CT molecular complexity index is 873. The Kier molecular flexibility index (Phi) is 7.64. The first-order valence-corrected chi connectivity index (χ1v) is 11.0. The molecule has 0 aliphatic carbocycles. The molecule has 2 aliphatic heterocycles. The monoisotopic (exact) mass is 446 g/mol. The van der Waals surface area contributed by atoms with Crippen molar-refractivity contribution in [1.29, 1.82) is 0 Å². The maximum absolute atomic E-state index is 13.1. The summed E-state index contributed by atoms with van der Waals surface area (Å²) >= 11 is 0. The summed E-state index contributed by atoms with van der Waals surface area (Å²) in [5.41, 5.74) is 0.737. The summed E-state index contributed by atoms with van der Waals surface area (Å²) in [6.45, 7) is 9.72. The molecule has 0 aromatic heterocycles. The van der Waals surface area contributed by atoms with E-state index in [4.69, 9.17) is 23.7 Å². The first-order valence-electron chi connectivity index (χ1n) is 11.0. The molecule has 0 amide bonds. The minimum atomic E-state index is -0.672. The highest BCUT2D eigenvalue weighted by Crippen LogP contribution is 2.36. The Labute approximate surface area is 189 Å². The molecule has 2 aliphatic rings. The summed E-state index contributed by atoms with van der Waals surface area (Å²) in [6, 6.07) is 2.90. The van der Waals surface area contributed by atoms with E-state index in [9.17, 15) is 9.90 Å². The molecule has 2 heterocycles. The average molecular weight is 447 g/mol. The highest BCUT2D eigenvalue weighted by atomic mass is 16.8. The number of benzene rings is 1. The third-order valence-electron chi connectivity index (χ3n) is 5.81. The number of hydrogen-bond donors (Lipinski definition) is 1. The maximum Gasteiger partial charge on any atom is 0.342 e. The first-order chi connectivity index (χ1) is 15.1. The molecular weight excluding hydrogens is 412 g/mol. The van der Waals surface area contributed by atoms with Crippen molar-refractivity contribution < 1.29 is 33.6 Å². The highest BCUT2D eigenvalue weighted by Gasteiger charge is 2.42. The van der Waals surface area contributed by atoms with Gasteiger partial charge in [0.05, 0.1) is 12.2 Å². The van der Waals surface area contributed by atoms with Crippen LogP contribution >= 0.6 is 0 Å². The zero-order valence-corrected chi connectivity index (χ0v) is 19.7. The Morgan fingerprint density at radius 1 is 1.12 bits per heavy atom. The summed E-state index contributed by atoms with van der Waals surface area (Å²) in [5, 5.41) is 10.2. The molecule has 1 aromatic carbocycles. The molecule has 7 nitrogen and oxygen atoms in total. The summed E-state index contributed by atoms with van der Waals surface area (Å²) in [5.74, 6) is -0.911. The molecule has 1 saturated heterocycles. The normalized spacial score (nSPS) is 31.2. The number of aromatic hydroxyl groups is 1. The van der Waals surface area contributed by atoms with E-state index in [1.54, 1.807) is 6.08 Å². The third-order valence-corrected chi connectivity index (χ3v) is 5.81. The van der Waals surface area contributed by atoms with Crippen LogP contribution in [-0.4, -0.2) is 49.1 Å². The molecule has 32 heavy (non-hydrogen) atoms. The van der Waals surface area contributed by atoms with Crippen molar-refractivity contribution in [1.82, 2.24) is 0 Å². The zero-order chi connectivity index (χ0) is 23.5. The van der Waals surface area contributed by atoms with Gasteiger partial charge in [0.15, 0.2) is 12.6 Å². The number of carbonyl (C=O) groups is 1. The number of hydrogen-bond acceptors (Lipinski definition) is 7. The van der Waals surface area contributed by atoms with Crippen molar-refractivity contribution in [3.05, 3.63) is 41.5 Å². The van der Waals surface area contributed by atoms with Crippen LogP contribution in [0.5, 0.6) is 11.5 Å². The molecular formula is C25H34O7. The lowest BCUT2D eigenvalue weighted by Crippen LogP contribution is -2.29. The number of esters is 1. The Morgan fingerprint density at radius 2 is 1.84 bits per heavy atom.